The lowest BCUT2D eigenvalue weighted by atomic mass is 10.2. The first-order valence-electron chi connectivity index (χ1n) is 10.5. The summed E-state index contributed by atoms with van der Waals surface area (Å²) >= 11 is 0. The van der Waals surface area contributed by atoms with Crippen LogP contribution in [-0.2, 0) is 21.4 Å². The van der Waals surface area contributed by atoms with Gasteiger partial charge in [0.05, 0.1) is 11.5 Å². The number of sulfonamides is 1. The zero-order valence-corrected chi connectivity index (χ0v) is 19.1. The topological polar surface area (TPSA) is 109 Å². The minimum absolute atomic E-state index is 0.0623. The van der Waals surface area contributed by atoms with Crippen LogP contribution in [0.25, 0.3) is 0 Å². The first-order chi connectivity index (χ1) is 15.3. The predicted molar refractivity (Wildman–Crippen MR) is 119 cm³/mol. The van der Waals surface area contributed by atoms with Crippen molar-refractivity contribution in [2.75, 3.05) is 32.8 Å². The van der Waals surface area contributed by atoms with Crippen LogP contribution in [0.15, 0.2) is 47.5 Å². The Balaban J connectivity index is 1.62. The maximum atomic E-state index is 12.9. The fourth-order valence-corrected chi connectivity index (χ4v) is 4.76. The number of ether oxygens (including phenoxy) is 1. The summed E-state index contributed by atoms with van der Waals surface area (Å²) in [7, 11) is -3.68. The summed E-state index contributed by atoms with van der Waals surface area (Å²) < 4.78 is 32.7. The molecule has 3 rings (SSSR count). The van der Waals surface area contributed by atoms with Crippen molar-refractivity contribution >= 4 is 21.8 Å². The first-order valence-corrected chi connectivity index (χ1v) is 12.0. The molecule has 0 aliphatic carbocycles. The molecule has 1 N–H and O–H groups in total. The zero-order valence-electron chi connectivity index (χ0n) is 18.3. The molecule has 2 heterocycles. The summed E-state index contributed by atoms with van der Waals surface area (Å²) in [5, 5.41) is 2.81. The second-order valence-electron chi connectivity index (χ2n) is 7.43. The van der Waals surface area contributed by atoms with Crippen molar-refractivity contribution < 1.29 is 22.7 Å². The number of carbonyl (C=O) groups excluding carboxylic acids is 2. The molecule has 1 aromatic carbocycles. The molecule has 172 valence electrons. The molecule has 0 spiro atoms. The van der Waals surface area contributed by atoms with Gasteiger partial charge in [0, 0.05) is 57.0 Å². The minimum Gasteiger partial charge on any atom is -0.477 e. The zero-order chi connectivity index (χ0) is 23.1. The maximum Gasteiger partial charge on any atom is 0.251 e. The Hall–Kier alpha value is -2.98. The van der Waals surface area contributed by atoms with Crippen molar-refractivity contribution in [1.82, 2.24) is 19.5 Å². The van der Waals surface area contributed by atoms with E-state index in [-0.39, 0.29) is 36.3 Å². The summed E-state index contributed by atoms with van der Waals surface area (Å²) in [6.45, 7) is 5.49. The molecule has 1 fully saturated rings. The molecule has 2 aromatic rings. The number of nitrogens with zero attached hydrogens (tertiary/aromatic N) is 3. The highest BCUT2D eigenvalue weighted by Gasteiger charge is 2.29. The minimum atomic E-state index is -3.68. The lowest BCUT2D eigenvalue weighted by Crippen LogP contribution is -2.49. The second kappa shape index (κ2) is 10.6. The SMILES string of the molecule is CCCOc1ncccc1CNC(=O)c1ccc(S(=O)(=O)N2CCN(C(C)=O)CC2)cc1. The quantitative estimate of drug-likeness (QED) is 0.642. The molecule has 10 heteroatoms. The molecule has 1 saturated heterocycles. The first kappa shape index (κ1) is 23.7. The van der Waals surface area contributed by atoms with E-state index >= 15 is 0 Å². The number of pyridine rings is 1. The number of aromatic nitrogens is 1. The number of benzene rings is 1. The van der Waals surface area contributed by atoms with E-state index < -0.39 is 10.0 Å². The number of amides is 2. The molecule has 1 aliphatic heterocycles. The largest absolute Gasteiger partial charge is 0.477 e. The summed E-state index contributed by atoms with van der Waals surface area (Å²) in [4.78, 5) is 29.9. The van der Waals surface area contributed by atoms with Crippen LogP contribution in [-0.4, -0.2) is 67.2 Å². The van der Waals surface area contributed by atoms with Gasteiger partial charge in [-0.1, -0.05) is 13.0 Å². The molecule has 0 bridgehead atoms. The average Bonchev–Trinajstić information content (AvgIpc) is 2.81. The van der Waals surface area contributed by atoms with Crippen LogP contribution in [0, 0.1) is 0 Å². The van der Waals surface area contributed by atoms with Gasteiger partial charge in [-0.05, 0) is 36.8 Å². The average molecular weight is 461 g/mol. The monoisotopic (exact) mass is 460 g/mol. The molecule has 9 nitrogen and oxygen atoms in total. The van der Waals surface area contributed by atoms with Gasteiger partial charge in [-0.25, -0.2) is 13.4 Å². The van der Waals surface area contributed by atoms with Gasteiger partial charge >= 0.3 is 0 Å². The molecular weight excluding hydrogens is 432 g/mol. The number of hydrogen-bond donors (Lipinski definition) is 1. The van der Waals surface area contributed by atoms with Crippen LogP contribution in [0.5, 0.6) is 5.88 Å². The predicted octanol–water partition coefficient (Wildman–Crippen LogP) is 1.65. The Morgan fingerprint density at radius 1 is 1.09 bits per heavy atom. The summed E-state index contributed by atoms with van der Waals surface area (Å²) in [6.07, 6.45) is 2.49. The summed E-state index contributed by atoms with van der Waals surface area (Å²) in [5.41, 5.74) is 1.11. The van der Waals surface area contributed by atoms with E-state index in [1.807, 2.05) is 13.0 Å². The van der Waals surface area contributed by atoms with Gasteiger partial charge < -0.3 is 15.0 Å². The van der Waals surface area contributed by atoms with E-state index in [9.17, 15) is 18.0 Å². The summed E-state index contributed by atoms with van der Waals surface area (Å²) in [5.74, 6) is 0.100. The van der Waals surface area contributed by atoms with Crippen molar-refractivity contribution in [3.05, 3.63) is 53.7 Å². The van der Waals surface area contributed by atoms with Crippen LogP contribution in [0.4, 0.5) is 0 Å². The van der Waals surface area contributed by atoms with Gasteiger partial charge in [0.15, 0.2) is 0 Å². The highest BCUT2D eigenvalue weighted by atomic mass is 32.2. The highest BCUT2D eigenvalue weighted by Crippen LogP contribution is 2.19. The van der Waals surface area contributed by atoms with Gasteiger partial charge in [-0.3, -0.25) is 9.59 Å². The van der Waals surface area contributed by atoms with Crippen LogP contribution in [0.3, 0.4) is 0 Å². The molecule has 1 aliphatic rings. The highest BCUT2D eigenvalue weighted by molar-refractivity contribution is 7.89. The van der Waals surface area contributed by atoms with E-state index in [0.717, 1.165) is 12.0 Å². The van der Waals surface area contributed by atoms with E-state index in [0.29, 0.717) is 31.1 Å². The normalized spacial score (nSPS) is 14.8. The molecule has 0 saturated carbocycles. The fraction of sp³-hybridized carbons (Fsp3) is 0.409. The Kier molecular flexibility index (Phi) is 7.81. The van der Waals surface area contributed by atoms with Crippen LogP contribution >= 0.6 is 0 Å². The van der Waals surface area contributed by atoms with Crippen molar-refractivity contribution in [1.29, 1.82) is 0 Å². The third kappa shape index (κ3) is 5.63. The van der Waals surface area contributed by atoms with Gasteiger partial charge in [-0.15, -0.1) is 0 Å². The van der Waals surface area contributed by atoms with Crippen LogP contribution < -0.4 is 10.1 Å². The van der Waals surface area contributed by atoms with E-state index in [1.165, 1.54) is 35.5 Å². The number of rotatable bonds is 8. The number of carbonyl (C=O) groups is 2. The second-order valence-corrected chi connectivity index (χ2v) is 9.37. The van der Waals surface area contributed by atoms with Gasteiger partial charge in [-0.2, -0.15) is 4.31 Å². The van der Waals surface area contributed by atoms with Crippen LogP contribution in [0.2, 0.25) is 0 Å². The number of hydrogen-bond acceptors (Lipinski definition) is 6. The van der Waals surface area contributed by atoms with Crippen molar-refractivity contribution in [2.45, 2.75) is 31.7 Å². The molecule has 0 unspecified atom stereocenters. The molecule has 0 radical (unpaired) electrons. The third-order valence-electron chi connectivity index (χ3n) is 5.17. The Bertz CT molecular complexity index is 1050. The van der Waals surface area contributed by atoms with Crippen molar-refractivity contribution in [3.63, 3.8) is 0 Å². The smallest absolute Gasteiger partial charge is 0.251 e. The molecule has 2 amide bonds. The molecule has 0 atom stereocenters. The summed E-state index contributed by atoms with van der Waals surface area (Å²) in [6, 6.07) is 9.45. The fourth-order valence-electron chi connectivity index (χ4n) is 3.34. The van der Waals surface area contributed by atoms with Gasteiger partial charge in [0.25, 0.3) is 5.91 Å². The Morgan fingerprint density at radius 2 is 1.78 bits per heavy atom. The number of nitrogens with one attached hydrogen (secondary N) is 1. The number of piperazine rings is 1. The van der Waals surface area contributed by atoms with E-state index in [1.54, 1.807) is 17.2 Å². The van der Waals surface area contributed by atoms with Crippen LogP contribution in [0.1, 0.15) is 36.2 Å². The van der Waals surface area contributed by atoms with E-state index in [4.69, 9.17) is 4.74 Å². The van der Waals surface area contributed by atoms with E-state index in [2.05, 4.69) is 10.3 Å². The molecular formula is C22H28N4O5S. The Morgan fingerprint density at radius 3 is 2.41 bits per heavy atom. The van der Waals surface area contributed by atoms with Gasteiger partial charge in [0.2, 0.25) is 21.8 Å². The maximum absolute atomic E-state index is 12.9. The molecule has 1 aromatic heterocycles. The van der Waals surface area contributed by atoms with Gasteiger partial charge in [0.1, 0.15) is 0 Å². The standard InChI is InChI=1S/C22H28N4O5S/c1-3-15-31-22-19(5-4-10-23-22)16-24-21(28)18-6-8-20(9-7-18)32(29,30)26-13-11-25(12-14-26)17(2)27/h4-10H,3,11-16H2,1-2H3,(H,24,28). The lowest BCUT2D eigenvalue weighted by Gasteiger charge is -2.33. The van der Waals surface area contributed by atoms with Crippen molar-refractivity contribution in [2.24, 2.45) is 0 Å². The third-order valence-corrected chi connectivity index (χ3v) is 7.08. The lowest BCUT2D eigenvalue weighted by molar-refractivity contribution is -0.129. The molecule has 32 heavy (non-hydrogen) atoms. The Labute approximate surface area is 188 Å². The van der Waals surface area contributed by atoms with Crippen molar-refractivity contribution in [3.8, 4) is 5.88 Å².